The molecule has 1 N–H and O–H groups in total. The number of rotatable bonds is 7. The summed E-state index contributed by atoms with van der Waals surface area (Å²) < 4.78 is 46.8. The minimum absolute atomic E-state index is 0.0297. The number of methoxy groups -OCH3 is 2. The molecule has 1 aromatic carbocycles. The first-order valence-electron chi connectivity index (χ1n) is 7.69. The molecule has 0 fully saturated rings. The lowest BCUT2D eigenvalue weighted by Gasteiger charge is -2.19. The molecule has 26 heavy (non-hydrogen) atoms. The Bertz CT molecular complexity index is 643. The third-order valence-electron chi connectivity index (χ3n) is 3.66. The standard InChI is InChI=1S/C17H20F3NO5/c1-10(15(23)25-2)8-13(16(24)26-3)21-14(22)9-11-4-6-12(7-5-11)17(18,19)20/h4-7,10,13H,8-9H2,1-3H3,(H,21,22)/t10-,13-/m1/s1. The maximum Gasteiger partial charge on any atom is 0.416 e. The summed E-state index contributed by atoms with van der Waals surface area (Å²) in [5.41, 5.74) is -0.471. The van der Waals surface area contributed by atoms with E-state index in [1.165, 1.54) is 26.2 Å². The Morgan fingerprint density at radius 1 is 1.04 bits per heavy atom. The Morgan fingerprint density at radius 2 is 1.58 bits per heavy atom. The third-order valence-corrected chi connectivity index (χ3v) is 3.66. The SMILES string of the molecule is COC(=O)[C@H](C)C[C@@H](NC(=O)Cc1ccc(C(F)(F)F)cc1)C(=O)OC. The van der Waals surface area contributed by atoms with E-state index in [-0.39, 0.29) is 12.8 Å². The van der Waals surface area contributed by atoms with Crippen LogP contribution >= 0.6 is 0 Å². The van der Waals surface area contributed by atoms with Gasteiger partial charge in [0, 0.05) is 0 Å². The van der Waals surface area contributed by atoms with Gasteiger partial charge < -0.3 is 14.8 Å². The van der Waals surface area contributed by atoms with Gasteiger partial charge in [-0.1, -0.05) is 19.1 Å². The average Bonchev–Trinajstić information content (AvgIpc) is 2.59. The summed E-state index contributed by atoms with van der Waals surface area (Å²) in [6.45, 7) is 1.53. The summed E-state index contributed by atoms with van der Waals surface area (Å²) in [5, 5.41) is 2.43. The third kappa shape index (κ3) is 6.38. The van der Waals surface area contributed by atoms with Crippen molar-refractivity contribution < 1.29 is 37.0 Å². The van der Waals surface area contributed by atoms with Crippen LogP contribution in [-0.2, 0) is 36.5 Å². The maximum atomic E-state index is 12.5. The van der Waals surface area contributed by atoms with Crippen LogP contribution in [0, 0.1) is 5.92 Å². The summed E-state index contributed by atoms with van der Waals surface area (Å²) in [7, 11) is 2.34. The van der Waals surface area contributed by atoms with E-state index < -0.39 is 41.5 Å². The van der Waals surface area contributed by atoms with Crippen molar-refractivity contribution in [2.24, 2.45) is 5.92 Å². The summed E-state index contributed by atoms with van der Waals surface area (Å²) >= 11 is 0. The van der Waals surface area contributed by atoms with Crippen LogP contribution in [0.15, 0.2) is 24.3 Å². The fourth-order valence-corrected chi connectivity index (χ4v) is 2.25. The number of esters is 2. The van der Waals surface area contributed by atoms with Gasteiger partial charge in [0.1, 0.15) is 6.04 Å². The number of halogens is 3. The molecule has 0 bridgehead atoms. The number of benzene rings is 1. The van der Waals surface area contributed by atoms with Crippen molar-refractivity contribution in [2.75, 3.05) is 14.2 Å². The predicted octanol–water partition coefficient (Wildman–Crippen LogP) is 2.10. The van der Waals surface area contributed by atoms with Crippen LogP contribution in [0.25, 0.3) is 0 Å². The van der Waals surface area contributed by atoms with E-state index in [9.17, 15) is 27.6 Å². The topological polar surface area (TPSA) is 81.7 Å². The highest BCUT2D eigenvalue weighted by molar-refractivity contribution is 5.86. The number of carbonyl (C=O) groups is 3. The molecule has 0 aromatic heterocycles. The van der Waals surface area contributed by atoms with Gasteiger partial charge in [-0.2, -0.15) is 13.2 Å². The molecule has 1 aromatic rings. The zero-order valence-corrected chi connectivity index (χ0v) is 14.6. The first kappa shape index (κ1) is 21.5. The van der Waals surface area contributed by atoms with Gasteiger partial charge >= 0.3 is 18.1 Å². The molecule has 0 heterocycles. The number of alkyl halides is 3. The second kappa shape index (κ2) is 9.21. The number of nitrogens with one attached hydrogen (secondary N) is 1. The van der Waals surface area contributed by atoms with Crippen LogP contribution in [0.3, 0.4) is 0 Å². The largest absolute Gasteiger partial charge is 0.469 e. The quantitative estimate of drug-likeness (QED) is 0.738. The Morgan fingerprint density at radius 3 is 2.04 bits per heavy atom. The van der Waals surface area contributed by atoms with Gasteiger partial charge in [0.2, 0.25) is 5.91 Å². The first-order chi connectivity index (χ1) is 12.1. The van der Waals surface area contributed by atoms with Crippen molar-refractivity contribution in [1.82, 2.24) is 5.32 Å². The lowest BCUT2D eigenvalue weighted by Crippen LogP contribution is -2.44. The molecule has 2 atom stereocenters. The highest BCUT2D eigenvalue weighted by atomic mass is 19.4. The normalized spacial score (nSPS) is 13.5. The summed E-state index contributed by atoms with van der Waals surface area (Å²) in [5.74, 6) is -2.52. The van der Waals surface area contributed by atoms with E-state index in [4.69, 9.17) is 0 Å². The van der Waals surface area contributed by atoms with E-state index in [2.05, 4.69) is 14.8 Å². The lowest BCUT2D eigenvalue weighted by molar-refractivity contribution is -0.149. The molecular formula is C17H20F3NO5. The van der Waals surface area contributed by atoms with Crippen molar-refractivity contribution in [3.8, 4) is 0 Å². The zero-order chi connectivity index (χ0) is 19.9. The molecule has 0 radical (unpaired) electrons. The van der Waals surface area contributed by atoms with Crippen molar-refractivity contribution in [2.45, 2.75) is 32.0 Å². The molecule has 9 heteroatoms. The predicted molar refractivity (Wildman–Crippen MR) is 84.9 cm³/mol. The highest BCUT2D eigenvalue weighted by Gasteiger charge is 2.30. The minimum atomic E-state index is -4.46. The molecule has 144 valence electrons. The molecule has 0 aliphatic heterocycles. The zero-order valence-electron chi connectivity index (χ0n) is 14.6. The summed E-state index contributed by atoms with van der Waals surface area (Å²) in [6, 6.07) is 3.05. The minimum Gasteiger partial charge on any atom is -0.469 e. The van der Waals surface area contributed by atoms with Gasteiger partial charge in [0.15, 0.2) is 0 Å². The average molecular weight is 375 g/mol. The maximum absolute atomic E-state index is 12.5. The van der Waals surface area contributed by atoms with Crippen LogP contribution in [0.1, 0.15) is 24.5 Å². The molecule has 0 aliphatic carbocycles. The number of amides is 1. The van der Waals surface area contributed by atoms with E-state index >= 15 is 0 Å². The molecule has 1 amide bonds. The van der Waals surface area contributed by atoms with Crippen molar-refractivity contribution in [1.29, 1.82) is 0 Å². The van der Waals surface area contributed by atoms with Crippen molar-refractivity contribution in [3.63, 3.8) is 0 Å². The first-order valence-corrected chi connectivity index (χ1v) is 7.69. The molecule has 0 aliphatic rings. The van der Waals surface area contributed by atoms with Crippen molar-refractivity contribution in [3.05, 3.63) is 35.4 Å². The van der Waals surface area contributed by atoms with E-state index in [0.717, 1.165) is 19.2 Å². The van der Waals surface area contributed by atoms with Crippen LogP contribution in [-0.4, -0.2) is 38.1 Å². The lowest BCUT2D eigenvalue weighted by atomic mass is 10.0. The van der Waals surface area contributed by atoms with Crippen LogP contribution in [0.4, 0.5) is 13.2 Å². The van der Waals surface area contributed by atoms with Crippen LogP contribution in [0.2, 0.25) is 0 Å². The number of hydrogen-bond donors (Lipinski definition) is 1. The summed E-state index contributed by atoms with van der Waals surface area (Å²) in [6.07, 6.45) is -4.71. The highest BCUT2D eigenvalue weighted by Crippen LogP contribution is 2.29. The van der Waals surface area contributed by atoms with Gasteiger partial charge in [0.05, 0.1) is 32.1 Å². The Kier molecular flexibility index (Phi) is 7.60. The van der Waals surface area contributed by atoms with Gasteiger partial charge in [-0.25, -0.2) is 4.79 Å². The fourth-order valence-electron chi connectivity index (χ4n) is 2.25. The number of hydrogen-bond acceptors (Lipinski definition) is 5. The van der Waals surface area contributed by atoms with E-state index in [0.29, 0.717) is 5.56 Å². The fraction of sp³-hybridized carbons (Fsp3) is 0.471. The molecule has 0 spiro atoms. The molecule has 0 unspecified atom stereocenters. The van der Waals surface area contributed by atoms with Gasteiger partial charge in [-0.15, -0.1) is 0 Å². The monoisotopic (exact) mass is 375 g/mol. The molecule has 0 saturated carbocycles. The number of carbonyl (C=O) groups excluding carboxylic acids is 3. The smallest absolute Gasteiger partial charge is 0.416 e. The molecule has 6 nitrogen and oxygen atoms in total. The Hall–Kier alpha value is -2.58. The van der Waals surface area contributed by atoms with E-state index in [1.54, 1.807) is 0 Å². The number of ether oxygens (including phenoxy) is 2. The van der Waals surface area contributed by atoms with Gasteiger partial charge in [-0.05, 0) is 24.1 Å². The Balaban J connectivity index is 2.74. The van der Waals surface area contributed by atoms with Crippen LogP contribution < -0.4 is 5.32 Å². The van der Waals surface area contributed by atoms with Crippen molar-refractivity contribution >= 4 is 17.8 Å². The molecular weight excluding hydrogens is 355 g/mol. The van der Waals surface area contributed by atoms with E-state index in [1.807, 2.05) is 0 Å². The second-order valence-electron chi connectivity index (χ2n) is 5.67. The summed E-state index contributed by atoms with van der Waals surface area (Å²) in [4.78, 5) is 35.3. The second-order valence-corrected chi connectivity index (χ2v) is 5.67. The molecule has 0 saturated heterocycles. The Labute approximate surface area is 148 Å². The molecule has 1 rings (SSSR count). The van der Waals surface area contributed by atoms with Crippen LogP contribution in [0.5, 0.6) is 0 Å². The van der Waals surface area contributed by atoms with Gasteiger partial charge in [0.25, 0.3) is 0 Å². The van der Waals surface area contributed by atoms with Gasteiger partial charge in [-0.3, -0.25) is 9.59 Å².